The summed E-state index contributed by atoms with van der Waals surface area (Å²) in [6.45, 7) is 0.540. The number of nitrogens with zero attached hydrogens (tertiary/aromatic N) is 1. The lowest BCUT2D eigenvalue weighted by atomic mass is 9.98. The van der Waals surface area contributed by atoms with Crippen molar-refractivity contribution >= 4 is 22.6 Å². The third-order valence-corrected chi connectivity index (χ3v) is 5.10. The molecule has 156 valence electrons. The van der Waals surface area contributed by atoms with Crippen molar-refractivity contribution in [3.05, 3.63) is 77.9 Å². The molecule has 3 rings (SSSR count). The summed E-state index contributed by atoms with van der Waals surface area (Å²) in [5.41, 5.74) is 1.91. The van der Waals surface area contributed by atoms with Crippen LogP contribution in [0.25, 0.3) is 10.8 Å². The minimum Gasteiger partial charge on any atom is -0.496 e. The van der Waals surface area contributed by atoms with Crippen molar-refractivity contribution in [2.24, 2.45) is 0 Å². The van der Waals surface area contributed by atoms with Crippen molar-refractivity contribution in [3.63, 3.8) is 0 Å². The Bertz CT molecular complexity index is 1030. The lowest BCUT2D eigenvalue weighted by molar-refractivity contribution is -0.139. The predicted molar refractivity (Wildman–Crippen MR) is 118 cm³/mol. The minimum atomic E-state index is -0.670. The molecule has 0 unspecified atom stereocenters. The van der Waals surface area contributed by atoms with Gasteiger partial charge in [-0.25, -0.2) is 0 Å². The van der Waals surface area contributed by atoms with Crippen molar-refractivity contribution in [1.82, 2.24) is 15.5 Å². The molecular weight excluding hydrogens is 378 g/mol. The third-order valence-electron chi connectivity index (χ3n) is 5.10. The van der Waals surface area contributed by atoms with E-state index in [-0.39, 0.29) is 12.6 Å². The molecule has 0 radical (unpaired) electrons. The van der Waals surface area contributed by atoms with E-state index in [1.165, 1.54) is 0 Å². The fourth-order valence-electron chi connectivity index (χ4n) is 3.49. The SMILES string of the molecule is COc1ccccc1CNC(=O)C(=O)NC[C@@H](c1cccc2ccccc12)N(C)C. The largest absolute Gasteiger partial charge is 0.496 e. The molecule has 30 heavy (non-hydrogen) atoms. The van der Waals surface area contributed by atoms with Gasteiger partial charge >= 0.3 is 11.8 Å². The Kier molecular flexibility index (Phi) is 7.03. The van der Waals surface area contributed by atoms with Gasteiger partial charge in [0.1, 0.15) is 5.75 Å². The highest BCUT2D eigenvalue weighted by Gasteiger charge is 2.20. The summed E-state index contributed by atoms with van der Waals surface area (Å²) in [6, 6.07) is 21.6. The highest BCUT2D eigenvalue weighted by atomic mass is 16.5. The minimum absolute atomic E-state index is 0.0675. The fraction of sp³-hybridized carbons (Fsp3) is 0.250. The van der Waals surface area contributed by atoms with Crippen LogP contribution in [0.15, 0.2) is 66.7 Å². The first kappa shape index (κ1) is 21.3. The van der Waals surface area contributed by atoms with Crippen molar-refractivity contribution in [2.75, 3.05) is 27.7 Å². The lowest BCUT2D eigenvalue weighted by Crippen LogP contribution is -2.43. The summed E-state index contributed by atoms with van der Waals surface area (Å²) in [4.78, 5) is 26.7. The summed E-state index contributed by atoms with van der Waals surface area (Å²) in [5, 5.41) is 7.69. The molecule has 0 bridgehead atoms. The molecule has 0 heterocycles. The summed E-state index contributed by atoms with van der Waals surface area (Å²) >= 11 is 0. The van der Waals surface area contributed by atoms with Gasteiger partial charge in [0, 0.05) is 18.7 Å². The van der Waals surface area contributed by atoms with Crippen LogP contribution in [0.2, 0.25) is 0 Å². The van der Waals surface area contributed by atoms with Crippen molar-refractivity contribution in [2.45, 2.75) is 12.6 Å². The first-order chi connectivity index (χ1) is 14.5. The number of rotatable bonds is 7. The van der Waals surface area contributed by atoms with Crippen LogP contribution >= 0.6 is 0 Å². The summed E-state index contributed by atoms with van der Waals surface area (Å²) in [6.07, 6.45) is 0. The second-order valence-corrected chi connectivity index (χ2v) is 7.25. The number of amides is 2. The van der Waals surface area contributed by atoms with E-state index in [4.69, 9.17) is 4.74 Å². The first-order valence-electron chi connectivity index (χ1n) is 9.83. The molecular formula is C24H27N3O3. The van der Waals surface area contributed by atoms with Gasteiger partial charge in [-0.2, -0.15) is 0 Å². The van der Waals surface area contributed by atoms with Gasteiger partial charge in [-0.1, -0.05) is 60.7 Å². The van der Waals surface area contributed by atoms with E-state index >= 15 is 0 Å². The van der Waals surface area contributed by atoms with E-state index in [1.807, 2.05) is 61.5 Å². The van der Waals surface area contributed by atoms with Gasteiger partial charge in [-0.05, 0) is 36.5 Å². The quantitative estimate of drug-likeness (QED) is 0.593. The summed E-state index contributed by atoms with van der Waals surface area (Å²) in [7, 11) is 5.49. The van der Waals surface area contributed by atoms with Gasteiger partial charge in [0.15, 0.2) is 0 Å². The Morgan fingerprint density at radius 2 is 1.57 bits per heavy atom. The van der Waals surface area contributed by atoms with E-state index in [9.17, 15) is 9.59 Å². The molecule has 6 heteroatoms. The van der Waals surface area contributed by atoms with E-state index in [1.54, 1.807) is 7.11 Å². The zero-order valence-corrected chi connectivity index (χ0v) is 17.5. The molecule has 0 spiro atoms. The number of nitrogens with one attached hydrogen (secondary N) is 2. The number of fused-ring (bicyclic) bond motifs is 1. The highest BCUT2D eigenvalue weighted by Crippen LogP contribution is 2.26. The Hall–Kier alpha value is -3.38. The molecule has 3 aromatic rings. The topological polar surface area (TPSA) is 70.7 Å². The molecule has 1 atom stereocenters. The van der Waals surface area contributed by atoms with E-state index < -0.39 is 11.8 Å². The predicted octanol–water partition coefficient (Wildman–Crippen LogP) is 2.88. The zero-order valence-electron chi connectivity index (χ0n) is 17.5. The van der Waals surface area contributed by atoms with Crippen LogP contribution < -0.4 is 15.4 Å². The number of carbonyl (C=O) groups is 2. The van der Waals surface area contributed by atoms with Crippen LogP contribution in [0.1, 0.15) is 17.2 Å². The standard InChI is InChI=1S/C24H27N3O3/c1-27(2)21(20-13-8-11-17-9-4-6-12-19(17)20)16-26-24(29)23(28)25-15-18-10-5-7-14-22(18)30-3/h4-14,21H,15-16H2,1-3H3,(H,25,28)(H,26,29)/t21-/m0/s1. The molecule has 2 amide bonds. The monoisotopic (exact) mass is 405 g/mol. The molecule has 0 aliphatic rings. The van der Waals surface area contributed by atoms with Crippen LogP contribution in [0.3, 0.4) is 0 Å². The van der Waals surface area contributed by atoms with Crippen molar-refractivity contribution < 1.29 is 14.3 Å². The average molecular weight is 405 g/mol. The number of ether oxygens (including phenoxy) is 1. The molecule has 0 aliphatic carbocycles. The number of benzene rings is 3. The molecule has 0 saturated heterocycles. The molecule has 2 N–H and O–H groups in total. The lowest BCUT2D eigenvalue weighted by Gasteiger charge is -2.26. The van der Waals surface area contributed by atoms with E-state index in [0.717, 1.165) is 21.9 Å². The maximum Gasteiger partial charge on any atom is 0.309 e. The maximum atomic E-state index is 12.4. The van der Waals surface area contributed by atoms with Gasteiger partial charge in [0.25, 0.3) is 0 Å². The second-order valence-electron chi connectivity index (χ2n) is 7.25. The fourth-order valence-corrected chi connectivity index (χ4v) is 3.49. The van der Waals surface area contributed by atoms with Crippen LogP contribution in [-0.2, 0) is 16.1 Å². The average Bonchev–Trinajstić information content (AvgIpc) is 2.77. The van der Waals surface area contributed by atoms with Gasteiger partial charge in [-0.15, -0.1) is 0 Å². The Balaban J connectivity index is 1.64. The Morgan fingerprint density at radius 1 is 0.900 bits per heavy atom. The van der Waals surface area contributed by atoms with Crippen LogP contribution in [0.5, 0.6) is 5.75 Å². The third kappa shape index (κ3) is 4.96. The maximum absolute atomic E-state index is 12.4. The Labute approximate surface area is 176 Å². The second kappa shape index (κ2) is 9.89. The van der Waals surface area contributed by atoms with Gasteiger partial charge in [0.05, 0.1) is 13.2 Å². The molecule has 0 aromatic heterocycles. The highest BCUT2D eigenvalue weighted by molar-refractivity contribution is 6.35. The number of hydrogen-bond donors (Lipinski definition) is 2. The van der Waals surface area contributed by atoms with Crippen molar-refractivity contribution in [3.8, 4) is 5.75 Å². The van der Waals surface area contributed by atoms with Gasteiger partial charge in [0.2, 0.25) is 0 Å². The number of methoxy groups -OCH3 is 1. The number of likely N-dealkylation sites (N-methyl/N-ethyl adjacent to an activating group) is 1. The Morgan fingerprint density at radius 3 is 2.33 bits per heavy atom. The first-order valence-corrected chi connectivity index (χ1v) is 9.83. The van der Waals surface area contributed by atoms with E-state index in [0.29, 0.717) is 12.3 Å². The summed E-state index contributed by atoms with van der Waals surface area (Å²) < 4.78 is 5.27. The molecule has 0 fully saturated rings. The van der Waals surface area contributed by atoms with Crippen LogP contribution in [-0.4, -0.2) is 44.5 Å². The van der Waals surface area contributed by atoms with Crippen molar-refractivity contribution in [1.29, 1.82) is 0 Å². The smallest absolute Gasteiger partial charge is 0.309 e. The number of para-hydroxylation sites is 1. The molecule has 0 saturated carbocycles. The number of carbonyl (C=O) groups excluding carboxylic acids is 2. The van der Waals surface area contributed by atoms with E-state index in [2.05, 4.69) is 34.9 Å². The molecule has 0 aliphatic heterocycles. The zero-order chi connectivity index (χ0) is 21.5. The van der Waals surface area contributed by atoms with Crippen LogP contribution in [0.4, 0.5) is 0 Å². The summed E-state index contributed by atoms with van der Waals surface area (Å²) in [5.74, 6) is -0.657. The molecule has 3 aromatic carbocycles. The normalized spacial score (nSPS) is 11.9. The molecule has 6 nitrogen and oxygen atoms in total. The number of hydrogen-bond acceptors (Lipinski definition) is 4. The van der Waals surface area contributed by atoms with Gasteiger partial charge in [-0.3, -0.25) is 9.59 Å². The van der Waals surface area contributed by atoms with Crippen LogP contribution in [0, 0.1) is 0 Å². The van der Waals surface area contributed by atoms with Gasteiger partial charge < -0.3 is 20.3 Å².